The topological polar surface area (TPSA) is 77.5 Å². The second-order valence-electron chi connectivity index (χ2n) is 5.18. The van der Waals surface area contributed by atoms with Gasteiger partial charge in [-0.05, 0) is 37.6 Å². The average molecular weight is 311 g/mol. The molecule has 0 amide bonds. The highest BCUT2D eigenvalue weighted by molar-refractivity contribution is 5.93. The minimum absolute atomic E-state index is 0.0116. The van der Waals surface area contributed by atoms with Crippen LogP contribution >= 0.6 is 0 Å². The van der Waals surface area contributed by atoms with Gasteiger partial charge in [0.05, 0.1) is 4.92 Å². The number of allylic oxidation sites excluding steroid dienone is 1. The van der Waals surface area contributed by atoms with Gasteiger partial charge in [0.25, 0.3) is 11.6 Å². The molecule has 0 atom stereocenters. The zero-order chi connectivity index (χ0) is 16.8. The number of rotatable bonds is 4. The summed E-state index contributed by atoms with van der Waals surface area (Å²) in [5.74, 6) is -0.267. The Morgan fingerprint density at radius 3 is 2.74 bits per heavy atom. The molecule has 0 unspecified atom stereocenters. The summed E-state index contributed by atoms with van der Waals surface area (Å²) in [5.41, 5.74) is 1.14. The zero-order valence-electron chi connectivity index (χ0n) is 12.9. The highest BCUT2D eigenvalue weighted by Crippen LogP contribution is 2.14. The van der Waals surface area contributed by atoms with E-state index in [9.17, 15) is 14.9 Å². The van der Waals surface area contributed by atoms with Crippen molar-refractivity contribution in [3.05, 3.63) is 75.9 Å². The van der Waals surface area contributed by atoms with E-state index in [0.29, 0.717) is 11.1 Å². The van der Waals surface area contributed by atoms with E-state index in [2.05, 4.69) is 4.99 Å². The standard InChI is InChI=1S/C17H17N3O3/c1-13(2)18-16-8-3-4-11-19(16)17(21)10-9-14-6-5-7-15(12-14)20(22)23/h3-13H,1-2H3/b10-9+,18-16?. The van der Waals surface area contributed by atoms with Gasteiger partial charge in [-0.1, -0.05) is 18.2 Å². The maximum atomic E-state index is 12.3. The van der Waals surface area contributed by atoms with Gasteiger partial charge in [0.2, 0.25) is 0 Å². The third kappa shape index (κ3) is 4.47. The van der Waals surface area contributed by atoms with Crippen LogP contribution in [0.4, 0.5) is 5.69 Å². The van der Waals surface area contributed by atoms with Crippen molar-refractivity contribution < 1.29 is 9.72 Å². The Kier molecular flexibility index (Phi) is 5.19. The van der Waals surface area contributed by atoms with Crippen LogP contribution in [0, 0.1) is 10.1 Å². The molecule has 23 heavy (non-hydrogen) atoms. The number of aromatic nitrogens is 1. The van der Waals surface area contributed by atoms with Gasteiger partial charge in [-0.2, -0.15) is 0 Å². The van der Waals surface area contributed by atoms with Crippen LogP contribution in [0.1, 0.15) is 24.2 Å². The first-order valence-electron chi connectivity index (χ1n) is 7.16. The molecule has 1 aromatic carbocycles. The average Bonchev–Trinajstić information content (AvgIpc) is 2.53. The lowest BCUT2D eigenvalue weighted by atomic mass is 10.2. The Bertz CT molecular complexity index is 820. The number of nitro groups is 1. The highest BCUT2D eigenvalue weighted by atomic mass is 16.6. The number of nitrogens with zero attached hydrogens (tertiary/aromatic N) is 3. The minimum atomic E-state index is -0.468. The van der Waals surface area contributed by atoms with Crippen molar-refractivity contribution in [3.63, 3.8) is 0 Å². The Labute approximate surface area is 133 Å². The molecule has 0 saturated carbocycles. The fourth-order valence-electron chi connectivity index (χ4n) is 1.98. The van der Waals surface area contributed by atoms with Gasteiger partial charge in [-0.15, -0.1) is 0 Å². The predicted molar refractivity (Wildman–Crippen MR) is 87.9 cm³/mol. The molecular weight excluding hydrogens is 294 g/mol. The van der Waals surface area contributed by atoms with E-state index >= 15 is 0 Å². The maximum Gasteiger partial charge on any atom is 0.270 e. The minimum Gasteiger partial charge on any atom is -0.269 e. The fourth-order valence-corrected chi connectivity index (χ4v) is 1.98. The Balaban J connectivity index is 2.30. The molecule has 6 nitrogen and oxygen atoms in total. The first kappa shape index (κ1) is 16.4. The molecule has 2 aromatic rings. The number of hydrogen-bond donors (Lipinski definition) is 0. The Morgan fingerprint density at radius 1 is 1.26 bits per heavy atom. The summed E-state index contributed by atoms with van der Waals surface area (Å²) in [7, 11) is 0. The normalized spacial score (nSPS) is 12.0. The molecule has 118 valence electrons. The van der Waals surface area contributed by atoms with Crippen molar-refractivity contribution in [2.45, 2.75) is 19.9 Å². The first-order chi connectivity index (χ1) is 11.0. The van der Waals surface area contributed by atoms with Crippen LogP contribution in [0.25, 0.3) is 6.08 Å². The zero-order valence-corrected chi connectivity index (χ0v) is 12.9. The third-order valence-corrected chi connectivity index (χ3v) is 2.97. The maximum absolute atomic E-state index is 12.3. The van der Waals surface area contributed by atoms with Crippen LogP contribution in [0.5, 0.6) is 0 Å². The molecular formula is C17H17N3O3. The molecule has 0 aliphatic rings. The summed E-state index contributed by atoms with van der Waals surface area (Å²) >= 11 is 0. The Morgan fingerprint density at radius 2 is 2.04 bits per heavy atom. The molecule has 1 heterocycles. The molecule has 6 heteroatoms. The molecule has 0 bridgehead atoms. The number of pyridine rings is 1. The van der Waals surface area contributed by atoms with Gasteiger partial charge in [0.15, 0.2) is 0 Å². The van der Waals surface area contributed by atoms with Crippen LogP contribution in [0.2, 0.25) is 0 Å². The molecule has 0 saturated heterocycles. The number of carbonyl (C=O) groups excluding carboxylic acids is 1. The van der Waals surface area contributed by atoms with E-state index in [1.165, 1.54) is 22.8 Å². The van der Waals surface area contributed by atoms with Gasteiger partial charge < -0.3 is 0 Å². The largest absolute Gasteiger partial charge is 0.270 e. The Hall–Kier alpha value is -3.02. The van der Waals surface area contributed by atoms with Crippen LogP contribution < -0.4 is 5.49 Å². The van der Waals surface area contributed by atoms with E-state index < -0.39 is 4.92 Å². The van der Waals surface area contributed by atoms with Gasteiger partial charge >= 0.3 is 0 Å². The van der Waals surface area contributed by atoms with Crippen molar-refractivity contribution in [3.8, 4) is 0 Å². The second-order valence-corrected chi connectivity index (χ2v) is 5.18. The summed E-state index contributed by atoms with van der Waals surface area (Å²) < 4.78 is 1.44. The van der Waals surface area contributed by atoms with Gasteiger partial charge in [-0.3, -0.25) is 24.5 Å². The van der Waals surface area contributed by atoms with Crippen LogP contribution in [0.15, 0.2) is 59.7 Å². The van der Waals surface area contributed by atoms with Gasteiger partial charge in [0, 0.05) is 30.4 Å². The van der Waals surface area contributed by atoms with E-state index in [4.69, 9.17) is 0 Å². The number of non-ortho nitro benzene ring substituents is 1. The van der Waals surface area contributed by atoms with Gasteiger partial charge in [-0.25, -0.2) is 0 Å². The van der Waals surface area contributed by atoms with Crippen molar-refractivity contribution >= 4 is 17.7 Å². The summed E-state index contributed by atoms with van der Waals surface area (Å²) in [4.78, 5) is 27.0. The lowest BCUT2D eigenvalue weighted by molar-refractivity contribution is -0.384. The lowest BCUT2D eigenvalue weighted by Crippen LogP contribution is -2.26. The van der Waals surface area contributed by atoms with E-state index in [-0.39, 0.29) is 17.6 Å². The number of benzene rings is 1. The molecule has 0 aliphatic heterocycles. The van der Waals surface area contributed by atoms with Gasteiger partial charge in [0.1, 0.15) is 5.49 Å². The van der Waals surface area contributed by atoms with Crippen LogP contribution in [-0.4, -0.2) is 21.4 Å². The smallest absolute Gasteiger partial charge is 0.269 e. The van der Waals surface area contributed by atoms with E-state index in [1.807, 2.05) is 19.9 Å². The quantitative estimate of drug-likeness (QED) is 0.494. The summed E-state index contributed by atoms with van der Waals surface area (Å²) in [6.45, 7) is 3.86. The molecule has 0 spiro atoms. The predicted octanol–water partition coefficient (Wildman–Crippen LogP) is 3.06. The molecule has 0 radical (unpaired) electrons. The van der Waals surface area contributed by atoms with Crippen molar-refractivity contribution in [1.82, 2.24) is 4.57 Å². The highest BCUT2D eigenvalue weighted by Gasteiger charge is 2.05. The van der Waals surface area contributed by atoms with E-state index in [0.717, 1.165) is 0 Å². The summed E-state index contributed by atoms with van der Waals surface area (Å²) in [6, 6.07) is 11.5. The molecule has 0 fully saturated rings. The van der Waals surface area contributed by atoms with Crippen LogP contribution in [0.3, 0.4) is 0 Å². The number of carbonyl (C=O) groups is 1. The molecule has 0 N–H and O–H groups in total. The summed E-state index contributed by atoms with van der Waals surface area (Å²) in [5, 5.41) is 10.8. The molecule has 0 aliphatic carbocycles. The second kappa shape index (κ2) is 7.31. The molecule has 1 aromatic heterocycles. The third-order valence-electron chi connectivity index (χ3n) is 2.97. The number of hydrogen-bond acceptors (Lipinski definition) is 4. The monoisotopic (exact) mass is 311 g/mol. The lowest BCUT2D eigenvalue weighted by Gasteiger charge is -2.04. The van der Waals surface area contributed by atoms with Crippen molar-refractivity contribution in [1.29, 1.82) is 0 Å². The number of nitro benzene ring substituents is 1. The van der Waals surface area contributed by atoms with Crippen molar-refractivity contribution in [2.75, 3.05) is 0 Å². The van der Waals surface area contributed by atoms with E-state index in [1.54, 1.807) is 36.5 Å². The fraction of sp³-hybridized carbons (Fsp3) is 0.176. The first-order valence-corrected chi connectivity index (χ1v) is 7.16. The molecule has 2 rings (SSSR count). The van der Waals surface area contributed by atoms with Crippen molar-refractivity contribution in [2.24, 2.45) is 4.99 Å². The van der Waals surface area contributed by atoms with Crippen LogP contribution in [-0.2, 0) is 0 Å². The summed E-state index contributed by atoms with van der Waals surface area (Å²) in [6.07, 6.45) is 4.56. The SMILES string of the molecule is CC(C)N=c1ccccn1C(=O)/C=C/c1cccc([N+](=O)[O-])c1.